The Labute approximate surface area is 97.7 Å². The maximum atomic E-state index is 5.72. The van der Waals surface area contributed by atoms with Crippen LogP contribution in [0.3, 0.4) is 0 Å². The summed E-state index contributed by atoms with van der Waals surface area (Å²) < 4.78 is 5.37. The van der Waals surface area contributed by atoms with Gasteiger partial charge in [-0.1, -0.05) is 11.3 Å². The standard InChI is InChI=1S/C11H13N3OS/c12-10-6-13-11(16-10)14(8-3-4-8)7-9-2-1-5-15-9/h1-2,5-6,8H,3-4,7,12H2. The van der Waals surface area contributed by atoms with Crippen molar-refractivity contribution >= 4 is 21.5 Å². The molecule has 5 heteroatoms. The van der Waals surface area contributed by atoms with E-state index in [0.717, 1.165) is 22.4 Å². The fraction of sp³-hybridized carbons (Fsp3) is 0.364. The molecule has 2 N–H and O–H groups in total. The number of hydrogen-bond acceptors (Lipinski definition) is 5. The van der Waals surface area contributed by atoms with E-state index in [9.17, 15) is 0 Å². The average Bonchev–Trinajstić information content (AvgIpc) is 2.81. The zero-order chi connectivity index (χ0) is 11.0. The van der Waals surface area contributed by atoms with E-state index < -0.39 is 0 Å². The van der Waals surface area contributed by atoms with Crippen molar-refractivity contribution in [3.05, 3.63) is 30.4 Å². The molecule has 1 fully saturated rings. The minimum atomic E-state index is 0.607. The maximum Gasteiger partial charge on any atom is 0.187 e. The van der Waals surface area contributed by atoms with Crippen LogP contribution in [0.25, 0.3) is 0 Å². The summed E-state index contributed by atoms with van der Waals surface area (Å²) in [5, 5.41) is 1.76. The molecule has 2 aromatic rings. The molecule has 0 aromatic carbocycles. The van der Waals surface area contributed by atoms with Crippen LogP contribution >= 0.6 is 11.3 Å². The Morgan fingerprint density at radius 3 is 3.00 bits per heavy atom. The van der Waals surface area contributed by atoms with Gasteiger partial charge in [0.25, 0.3) is 0 Å². The first-order valence-corrected chi connectivity index (χ1v) is 6.15. The van der Waals surface area contributed by atoms with Gasteiger partial charge in [0, 0.05) is 6.04 Å². The number of nitrogen functional groups attached to an aromatic ring is 1. The second kappa shape index (κ2) is 3.83. The third-order valence-electron chi connectivity index (χ3n) is 2.65. The summed E-state index contributed by atoms with van der Waals surface area (Å²) in [5.74, 6) is 0.973. The summed E-state index contributed by atoms with van der Waals surface area (Å²) in [6.07, 6.45) is 5.90. The number of furan rings is 1. The second-order valence-corrected chi connectivity index (χ2v) is 5.02. The van der Waals surface area contributed by atoms with Crippen LogP contribution in [0.2, 0.25) is 0 Å². The molecule has 4 nitrogen and oxygen atoms in total. The maximum absolute atomic E-state index is 5.72. The Kier molecular flexibility index (Phi) is 2.32. The Morgan fingerprint density at radius 1 is 1.56 bits per heavy atom. The van der Waals surface area contributed by atoms with Gasteiger partial charge in [0.1, 0.15) is 10.8 Å². The Balaban J connectivity index is 1.81. The average molecular weight is 235 g/mol. The first-order chi connectivity index (χ1) is 7.83. The first-order valence-electron chi connectivity index (χ1n) is 5.33. The van der Waals surface area contributed by atoms with Gasteiger partial charge in [-0.15, -0.1) is 0 Å². The molecular weight excluding hydrogens is 222 g/mol. The first kappa shape index (κ1) is 9.72. The minimum absolute atomic E-state index is 0.607. The monoisotopic (exact) mass is 235 g/mol. The molecule has 1 saturated carbocycles. The minimum Gasteiger partial charge on any atom is -0.467 e. The van der Waals surface area contributed by atoms with Gasteiger partial charge in [0.05, 0.1) is 19.0 Å². The molecule has 2 heterocycles. The van der Waals surface area contributed by atoms with Crippen molar-refractivity contribution in [1.82, 2.24) is 4.98 Å². The summed E-state index contributed by atoms with van der Waals surface area (Å²) in [6, 6.07) is 4.51. The quantitative estimate of drug-likeness (QED) is 0.884. The second-order valence-electron chi connectivity index (χ2n) is 3.98. The molecule has 2 aromatic heterocycles. The van der Waals surface area contributed by atoms with Crippen molar-refractivity contribution in [2.75, 3.05) is 10.6 Å². The Bertz CT molecular complexity index is 461. The van der Waals surface area contributed by atoms with Gasteiger partial charge in [0.2, 0.25) is 0 Å². The molecule has 3 rings (SSSR count). The predicted octanol–water partition coefficient (Wildman–Crippen LogP) is 2.49. The van der Waals surface area contributed by atoms with Gasteiger partial charge in [0.15, 0.2) is 5.13 Å². The number of hydrogen-bond donors (Lipinski definition) is 1. The largest absolute Gasteiger partial charge is 0.467 e. The lowest BCUT2D eigenvalue weighted by Crippen LogP contribution is -2.24. The van der Waals surface area contributed by atoms with E-state index in [0.29, 0.717) is 6.04 Å². The zero-order valence-corrected chi connectivity index (χ0v) is 9.61. The molecule has 0 radical (unpaired) electrons. The van der Waals surface area contributed by atoms with Gasteiger partial charge in [-0.2, -0.15) is 0 Å². The number of anilines is 2. The molecule has 84 valence electrons. The van der Waals surface area contributed by atoms with Crippen molar-refractivity contribution in [2.24, 2.45) is 0 Å². The van der Waals surface area contributed by atoms with Crippen LogP contribution in [-0.2, 0) is 6.54 Å². The normalized spacial score (nSPS) is 15.2. The number of aromatic nitrogens is 1. The van der Waals surface area contributed by atoms with Crippen LogP contribution in [-0.4, -0.2) is 11.0 Å². The fourth-order valence-electron chi connectivity index (χ4n) is 1.72. The summed E-state index contributed by atoms with van der Waals surface area (Å²) in [6.45, 7) is 0.782. The van der Waals surface area contributed by atoms with Gasteiger partial charge in [-0.3, -0.25) is 0 Å². The van der Waals surface area contributed by atoms with Gasteiger partial charge < -0.3 is 15.1 Å². The molecule has 16 heavy (non-hydrogen) atoms. The number of thiazole rings is 1. The lowest BCUT2D eigenvalue weighted by molar-refractivity contribution is 0.501. The van der Waals surface area contributed by atoms with Crippen LogP contribution in [0.15, 0.2) is 29.0 Å². The molecule has 0 bridgehead atoms. The summed E-state index contributed by atoms with van der Waals surface area (Å²) in [4.78, 5) is 6.61. The molecule has 0 aliphatic heterocycles. The van der Waals surface area contributed by atoms with Gasteiger partial charge in [-0.25, -0.2) is 4.98 Å². The summed E-state index contributed by atoms with van der Waals surface area (Å²) in [7, 11) is 0. The highest BCUT2D eigenvalue weighted by molar-refractivity contribution is 7.19. The van der Waals surface area contributed by atoms with Crippen LogP contribution in [0.5, 0.6) is 0 Å². The number of nitrogens with zero attached hydrogens (tertiary/aromatic N) is 2. The predicted molar refractivity (Wildman–Crippen MR) is 64.4 cm³/mol. The SMILES string of the molecule is Nc1cnc(N(Cc2ccco2)C2CC2)s1. The molecule has 0 unspecified atom stereocenters. The van der Waals surface area contributed by atoms with Crippen molar-refractivity contribution in [3.63, 3.8) is 0 Å². The van der Waals surface area contributed by atoms with Crippen LogP contribution in [0, 0.1) is 0 Å². The summed E-state index contributed by atoms with van der Waals surface area (Å²) in [5.41, 5.74) is 5.72. The Hall–Kier alpha value is -1.49. The third-order valence-corrected chi connectivity index (χ3v) is 3.51. The number of nitrogens with two attached hydrogens (primary N) is 1. The topological polar surface area (TPSA) is 55.3 Å². The molecule has 0 saturated heterocycles. The molecule has 0 spiro atoms. The highest BCUT2D eigenvalue weighted by atomic mass is 32.1. The van der Waals surface area contributed by atoms with Crippen LogP contribution < -0.4 is 10.6 Å². The molecule has 0 amide bonds. The van der Waals surface area contributed by atoms with Crippen molar-refractivity contribution < 1.29 is 4.42 Å². The van der Waals surface area contributed by atoms with Gasteiger partial charge >= 0.3 is 0 Å². The highest BCUT2D eigenvalue weighted by Gasteiger charge is 2.31. The zero-order valence-electron chi connectivity index (χ0n) is 8.80. The molecule has 1 aliphatic carbocycles. The van der Waals surface area contributed by atoms with E-state index in [1.54, 1.807) is 12.5 Å². The highest BCUT2D eigenvalue weighted by Crippen LogP contribution is 2.35. The van der Waals surface area contributed by atoms with E-state index in [1.165, 1.54) is 24.2 Å². The van der Waals surface area contributed by atoms with Crippen molar-refractivity contribution in [1.29, 1.82) is 0 Å². The third kappa shape index (κ3) is 1.90. The molecular formula is C11H13N3OS. The van der Waals surface area contributed by atoms with E-state index in [-0.39, 0.29) is 0 Å². The van der Waals surface area contributed by atoms with E-state index in [4.69, 9.17) is 10.2 Å². The van der Waals surface area contributed by atoms with Crippen molar-refractivity contribution in [3.8, 4) is 0 Å². The number of rotatable bonds is 4. The molecule has 0 atom stereocenters. The van der Waals surface area contributed by atoms with E-state index in [1.807, 2.05) is 12.1 Å². The van der Waals surface area contributed by atoms with Gasteiger partial charge in [-0.05, 0) is 25.0 Å². The van der Waals surface area contributed by atoms with Crippen LogP contribution in [0.4, 0.5) is 10.1 Å². The smallest absolute Gasteiger partial charge is 0.187 e. The van der Waals surface area contributed by atoms with E-state index in [2.05, 4.69) is 9.88 Å². The van der Waals surface area contributed by atoms with Crippen LogP contribution in [0.1, 0.15) is 18.6 Å². The molecule has 1 aliphatic rings. The summed E-state index contributed by atoms with van der Waals surface area (Å²) >= 11 is 1.54. The van der Waals surface area contributed by atoms with E-state index >= 15 is 0 Å². The lowest BCUT2D eigenvalue weighted by atomic mass is 10.4. The van der Waals surface area contributed by atoms with Crippen molar-refractivity contribution in [2.45, 2.75) is 25.4 Å². The lowest BCUT2D eigenvalue weighted by Gasteiger charge is -2.19. The Morgan fingerprint density at radius 2 is 2.44 bits per heavy atom. The fourth-order valence-corrected chi connectivity index (χ4v) is 2.47.